The molecule has 13 heteroatoms. The van der Waals surface area contributed by atoms with Crippen LogP contribution < -0.4 is 26.2 Å². The van der Waals surface area contributed by atoms with Crippen molar-refractivity contribution in [3.8, 4) is 0 Å². The Morgan fingerprint density at radius 2 is 1.28 bits per heavy atom. The molecule has 0 bridgehead atoms. The fraction of sp³-hybridized carbons (Fsp3) is 0.568. The Hall–Kier alpha value is -3.68. The van der Waals surface area contributed by atoms with Gasteiger partial charge in [0.25, 0.3) is 0 Å². The number of ether oxygens (including phenoxy) is 3. The minimum Gasteiger partial charge on any atom is -0.444 e. The predicted octanol–water partition coefficient (Wildman–Crippen LogP) is 6.11. The van der Waals surface area contributed by atoms with Gasteiger partial charge in [0.15, 0.2) is 0 Å². The lowest BCUT2D eigenvalue weighted by molar-refractivity contribution is -0.121. The van der Waals surface area contributed by atoms with E-state index in [0.717, 1.165) is 40.2 Å². The van der Waals surface area contributed by atoms with Crippen LogP contribution in [0, 0.1) is 0 Å². The van der Waals surface area contributed by atoms with Crippen LogP contribution in [0.3, 0.4) is 0 Å². The van der Waals surface area contributed by atoms with E-state index in [2.05, 4.69) is 32.3 Å². The fourth-order valence-electron chi connectivity index (χ4n) is 5.30. The van der Waals surface area contributed by atoms with E-state index < -0.39 is 35.5 Å². The molecule has 3 heterocycles. The number of benzene rings is 2. The lowest BCUT2D eigenvalue weighted by Crippen LogP contribution is -2.48. The van der Waals surface area contributed by atoms with Gasteiger partial charge >= 0.3 is 12.2 Å². The smallest absolute Gasteiger partial charge is 0.408 e. The third kappa shape index (κ3) is 13.9. The topological polar surface area (TPSA) is 153 Å². The number of nitrogens with zero attached hydrogens (tertiary/aromatic N) is 2. The highest BCUT2D eigenvalue weighted by Crippen LogP contribution is 2.29. The zero-order valence-electron chi connectivity index (χ0n) is 32.0. The van der Waals surface area contributed by atoms with Gasteiger partial charge < -0.3 is 40.4 Å². The van der Waals surface area contributed by atoms with E-state index in [9.17, 15) is 19.2 Å². The van der Waals surface area contributed by atoms with Gasteiger partial charge in [-0.2, -0.15) is 0 Å². The number of nitrogens with two attached hydrogens (primary N) is 1. The molecule has 50 heavy (non-hydrogen) atoms. The second-order valence-corrected chi connectivity index (χ2v) is 14.8. The Morgan fingerprint density at radius 1 is 0.820 bits per heavy atom. The average molecular weight is 764 g/mol. The molecule has 2 atom stereocenters. The van der Waals surface area contributed by atoms with Gasteiger partial charge in [-0.25, -0.2) is 9.59 Å². The molecule has 1 fully saturated rings. The highest BCUT2D eigenvalue weighted by atomic mass is 79.9. The number of hydrogen-bond donors (Lipinski definition) is 3. The van der Waals surface area contributed by atoms with Gasteiger partial charge in [-0.3, -0.25) is 9.59 Å². The number of carbonyl (C=O) groups excluding carboxylic acids is 4. The Kier molecular flexibility index (Phi) is 16.0. The molecule has 0 radical (unpaired) electrons. The van der Waals surface area contributed by atoms with Gasteiger partial charge in [0.1, 0.15) is 23.3 Å². The first-order valence-corrected chi connectivity index (χ1v) is 17.7. The molecule has 1 saturated heterocycles. The summed E-state index contributed by atoms with van der Waals surface area (Å²) in [4.78, 5) is 52.0. The number of likely N-dealkylation sites (N-methyl/N-ethyl adjacent to an activating group) is 2. The SMILES string of the molecule is C1CCOC1.CN.CN1C(=O)C(NC(=O)OC(C)(C)C)CCc2cc(Br)ccc21.[2H]c1ccc2c(c1)CCC(NC(=O)OC(C)(C)C)C(=O)N2C. The highest BCUT2D eigenvalue weighted by Gasteiger charge is 2.32. The van der Waals surface area contributed by atoms with E-state index >= 15 is 0 Å². The summed E-state index contributed by atoms with van der Waals surface area (Å²) < 4.78 is 24.1. The summed E-state index contributed by atoms with van der Waals surface area (Å²) in [5.74, 6) is -0.311. The number of alkyl carbamates (subject to hydrolysis) is 2. The first-order valence-electron chi connectivity index (χ1n) is 17.4. The van der Waals surface area contributed by atoms with Crippen LogP contribution in [0.25, 0.3) is 0 Å². The van der Waals surface area contributed by atoms with Crippen molar-refractivity contribution in [2.24, 2.45) is 5.73 Å². The summed E-state index contributed by atoms with van der Waals surface area (Å²) in [5, 5.41) is 5.33. The summed E-state index contributed by atoms with van der Waals surface area (Å²) in [5.41, 5.74) is 7.00. The molecule has 0 saturated carbocycles. The van der Waals surface area contributed by atoms with Gasteiger partial charge in [-0.1, -0.05) is 34.1 Å². The summed E-state index contributed by atoms with van der Waals surface area (Å²) in [6, 6.07) is 10.2. The maximum absolute atomic E-state index is 12.5. The van der Waals surface area contributed by atoms with Crippen LogP contribution in [0.1, 0.15) is 79.7 Å². The first kappa shape index (κ1) is 40.7. The molecule has 0 aliphatic carbocycles. The summed E-state index contributed by atoms with van der Waals surface area (Å²) in [6.07, 6.45) is 3.77. The van der Waals surface area contributed by atoms with Gasteiger partial charge in [0.2, 0.25) is 11.8 Å². The van der Waals surface area contributed by atoms with Crippen molar-refractivity contribution >= 4 is 51.3 Å². The predicted molar refractivity (Wildman–Crippen MR) is 201 cm³/mol. The zero-order chi connectivity index (χ0) is 38.5. The van der Waals surface area contributed by atoms with Crippen LogP contribution in [0.5, 0.6) is 0 Å². The van der Waals surface area contributed by atoms with Crippen molar-refractivity contribution in [3.05, 3.63) is 58.0 Å². The number of para-hydroxylation sites is 1. The molecule has 3 aliphatic heterocycles. The van der Waals surface area contributed by atoms with Gasteiger partial charge in [-0.15, -0.1) is 0 Å². The van der Waals surface area contributed by atoms with E-state index in [1.54, 1.807) is 78.7 Å². The van der Waals surface area contributed by atoms with E-state index in [1.165, 1.54) is 24.8 Å². The number of anilines is 2. The molecule has 4 amide bonds. The Morgan fingerprint density at radius 3 is 1.72 bits per heavy atom. The number of hydrogen-bond acceptors (Lipinski definition) is 8. The third-order valence-corrected chi connectivity index (χ3v) is 8.05. The van der Waals surface area contributed by atoms with Gasteiger partial charge in [-0.05, 0) is 123 Å². The number of carbonyl (C=O) groups is 4. The lowest BCUT2D eigenvalue weighted by atomic mass is 10.1. The molecule has 2 aromatic carbocycles. The highest BCUT2D eigenvalue weighted by molar-refractivity contribution is 9.10. The van der Waals surface area contributed by atoms with Crippen molar-refractivity contribution in [2.75, 3.05) is 44.2 Å². The van der Waals surface area contributed by atoms with Crippen molar-refractivity contribution in [1.29, 1.82) is 0 Å². The minimum absolute atomic E-state index is 0.132. The van der Waals surface area contributed by atoms with Crippen molar-refractivity contribution < 1.29 is 34.8 Å². The maximum atomic E-state index is 12.5. The molecule has 5 rings (SSSR count). The largest absolute Gasteiger partial charge is 0.444 e. The average Bonchev–Trinajstić information content (AvgIpc) is 3.58. The molecule has 2 unspecified atom stereocenters. The standard InChI is InChI=1S/C16H21BrN2O3.C16H22N2O3.C4H8O.CH5N/c1-16(2,3)22-15(21)18-12-7-5-10-9-11(17)6-8-13(10)19(4)14(12)20;1-16(2,3)21-15(20)17-12-10-9-11-7-5-6-8-13(11)18(4)14(12)19;1-2-4-5-3-1;1-2/h6,8-9,12H,5,7H2,1-4H3,(H,18,21);5-8,12H,9-10H2,1-4H3,(H,17,20);1-4H2;2H2,1H3/i;5D;;. The molecule has 3 aliphatic rings. The van der Waals surface area contributed by atoms with Crippen LogP contribution in [0.15, 0.2) is 46.9 Å². The number of amides is 4. The van der Waals surface area contributed by atoms with Gasteiger partial charge in [0, 0.05) is 43.2 Å². The Labute approximate surface area is 307 Å². The van der Waals surface area contributed by atoms with Gasteiger partial charge in [0.05, 0.1) is 1.37 Å². The molecule has 278 valence electrons. The van der Waals surface area contributed by atoms with Crippen LogP contribution in [-0.4, -0.2) is 81.6 Å². The second kappa shape index (κ2) is 19.6. The quantitative estimate of drug-likeness (QED) is 0.332. The molecule has 2 aromatic rings. The zero-order valence-corrected chi connectivity index (χ0v) is 32.6. The van der Waals surface area contributed by atoms with Crippen LogP contribution >= 0.6 is 15.9 Å². The van der Waals surface area contributed by atoms with E-state index in [-0.39, 0.29) is 11.8 Å². The molecule has 0 spiro atoms. The van der Waals surface area contributed by atoms with E-state index in [0.29, 0.717) is 31.7 Å². The first-order chi connectivity index (χ1) is 23.8. The van der Waals surface area contributed by atoms with E-state index in [4.69, 9.17) is 15.6 Å². The van der Waals surface area contributed by atoms with Crippen molar-refractivity contribution in [3.63, 3.8) is 0 Å². The minimum atomic E-state index is -0.624. The maximum Gasteiger partial charge on any atom is 0.408 e. The van der Waals surface area contributed by atoms with Crippen LogP contribution in [-0.2, 0) is 36.6 Å². The number of halogens is 1. The van der Waals surface area contributed by atoms with Crippen LogP contribution in [0.2, 0.25) is 0 Å². The van der Waals surface area contributed by atoms with Crippen molar-refractivity contribution in [2.45, 2.75) is 103 Å². The lowest BCUT2D eigenvalue weighted by Gasteiger charge is -2.24. The summed E-state index contributed by atoms with van der Waals surface area (Å²) >= 11 is 3.45. The Bertz CT molecular complexity index is 1380. The molecule has 4 N–H and O–H groups in total. The Balaban J connectivity index is 0.000000297. The van der Waals surface area contributed by atoms with Crippen LogP contribution in [0.4, 0.5) is 21.0 Å². The molecular formula is C37H56BrN5O7. The molecule has 12 nitrogen and oxygen atoms in total. The number of fused-ring (bicyclic) bond motifs is 2. The number of nitrogens with one attached hydrogen (secondary N) is 2. The molecule has 0 aromatic heterocycles. The summed E-state index contributed by atoms with van der Waals surface area (Å²) in [6.45, 7) is 12.7. The number of aryl methyl sites for hydroxylation is 2. The van der Waals surface area contributed by atoms with Crippen molar-refractivity contribution in [1.82, 2.24) is 10.6 Å². The third-order valence-electron chi connectivity index (χ3n) is 7.56. The second-order valence-electron chi connectivity index (χ2n) is 13.9. The normalized spacial score (nSPS) is 18.8. The van der Waals surface area contributed by atoms with E-state index in [1.807, 2.05) is 18.2 Å². The number of rotatable bonds is 2. The summed E-state index contributed by atoms with van der Waals surface area (Å²) in [7, 11) is 4.91. The molecular weight excluding hydrogens is 706 g/mol. The fourth-order valence-corrected chi connectivity index (χ4v) is 5.70. The monoisotopic (exact) mass is 762 g/mol.